The number of rotatable bonds is 4. The summed E-state index contributed by atoms with van der Waals surface area (Å²) in [6, 6.07) is 0.533. The first-order valence-electron chi connectivity index (χ1n) is 6.34. The average molecular weight is 223 g/mol. The maximum Gasteiger partial charge on any atom is 0.321 e. The summed E-state index contributed by atoms with van der Waals surface area (Å²) in [5, 5.41) is 6.91. The third-order valence-corrected chi connectivity index (χ3v) is 3.56. The zero-order chi connectivity index (χ0) is 11.4. The van der Waals surface area contributed by atoms with Crippen LogP contribution >= 0.6 is 0 Å². The summed E-state index contributed by atoms with van der Waals surface area (Å²) in [5.41, 5.74) is 0. The van der Waals surface area contributed by atoms with E-state index in [0.29, 0.717) is 11.9 Å². The van der Waals surface area contributed by atoms with Crippen molar-refractivity contribution in [3.8, 4) is 0 Å². The monoisotopic (exact) mass is 223 g/mol. The Hall–Kier alpha value is -1.06. The fourth-order valence-electron chi connectivity index (χ4n) is 2.62. The molecule has 0 saturated heterocycles. The van der Waals surface area contributed by atoms with Crippen molar-refractivity contribution >= 4 is 6.01 Å². The molecule has 0 radical (unpaired) electrons. The summed E-state index contributed by atoms with van der Waals surface area (Å²) in [7, 11) is 1.80. The van der Waals surface area contributed by atoms with E-state index < -0.39 is 0 Å². The Morgan fingerprint density at radius 1 is 1.31 bits per heavy atom. The van der Waals surface area contributed by atoms with Crippen molar-refractivity contribution in [3.05, 3.63) is 5.82 Å². The van der Waals surface area contributed by atoms with Gasteiger partial charge >= 0.3 is 6.01 Å². The van der Waals surface area contributed by atoms with Crippen LogP contribution in [0, 0.1) is 5.92 Å². The van der Waals surface area contributed by atoms with Crippen LogP contribution in [-0.4, -0.2) is 17.2 Å². The molecular weight excluding hydrogens is 202 g/mol. The van der Waals surface area contributed by atoms with Gasteiger partial charge < -0.3 is 9.84 Å². The fourth-order valence-corrected chi connectivity index (χ4v) is 2.62. The highest BCUT2D eigenvalue weighted by Gasteiger charge is 2.25. The van der Waals surface area contributed by atoms with E-state index in [4.69, 9.17) is 4.52 Å². The van der Waals surface area contributed by atoms with Crippen LogP contribution in [0.25, 0.3) is 0 Å². The van der Waals surface area contributed by atoms with Crippen molar-refractivity contribution in [2.45, 2.75) is 51.4 Å². The van der Waals surface area contributed by atoms with E-state index in [0.717, 1.165) is 11.7 Å². The molecule has 16 heavy (non-hydrogen) atoms. The lowest BCUT2D eigenvalue weighted by atomic mass is 9.80. The standard InChI is InChI=1S/C12H21N3O/c1-3-4-9-5-7-10(8-6-9)11-14-12(13-2)16-15-11/h9-10H,3-8H2,1-2H3,(H,13,14,15). The predicted molar refractivity (Wildman–Crippen MR) is 63.5 cm³/mol. The predicted octanol–water partition coefficient (Wildman–Crippen LogP) is 3.19. The summed E-state index contributed by atoms with van der Waals surface area (Å²) in [6.07, 6.45) is 7.76. The summed E-state index contributed by atoms with van der Waals surface area (Å²) in [6.45, 7) is 2.27. The molecule has 0 atom stereocenters. The molecule has 1 fully saturated rings. The highest BCUT2D eigenvalue weighted by Crippen LogP contribution is 2.36. The van der Waals surface area contributed by atoms with E-state index in [9.17, 15) is 0 Å². The van der Waals surface area contributed by atoms with E-state index >= 15 is 0 Å². The molecule has 90 valence electrons. The van der Waals surface area contributed by atoms with Gasteiger partial charge in [-0.25, -0.2) is 0 Å². The Balaban J connectivity index is 1.88. The quantitative estimate of drug-likeness (QED) is 0.851. The van der Waals surface area contributed by atoms with Crippen molar-refractivity contribution in [2.75, 3.05) is 12.4 Å². The number of nitrogens with zero attached hydrogens (tertiary/aromatic N) is 2. The molecule has 1 aromatic rings. The Morgan fingerprint density at radius 3 is 2.62 bits per heavy atom. The minimum Gasteiger partial charge on any atom is -0.341 e. The van der Waals surface area contributed by atoms with Gasteiger partial charge in [0.1, 0.15) is 0 Å². The number of nitrogens with one attached hydrogen (secondary N) is 1. The zero-order valence-corrected chi connectivity index (χ0v) is 10.2. The van der Waals surface area contributed by atoms with E-state index in [-0.39, 0.29) is 0 Å². The van der Waals surface area contributed by atoms with Crippen molar-refractivity contribution in [3.63, 3.8) is 0 Å². The Labute approximate surface area is 96.8 Å². The molecule has 1 aliphatic carbocycles. The third-order valence-electron chi connectivity index (χ3n) is 3.56. The molecule has 0 unspecified atom stereocenters. The van der Waals surface area contributed by atoms with E-state index in [1.54, 1.807) is 7.05 Å². The van der Waals surface area contributed by atoms with Gasteiger partial charge in [-0.2, -0.15) is 4.98 Å². The SMILES string of the molecule is CCCC1CCC(c2noc(NC)n2)CC1. The van der Waals surface area contributed by atoms with Crippen LogP contribution < -0.4 is 5.32 Å². The summed E-state index contributed by atoms with van der Waals surface area (Å²) in [5.74, 6) is 2.33. The molecule has 0 aromatic carbocycles. The van der Waals surface area contributed by atoms with Crippen molar-refractivity contribution in [1.29, 1.82) is 0 Å². The highest BCUT2D eigenvalue weighted by atomic mass is 16.5. The average Bonchev–Trinajstić information content (AvgIpc) is 2.79. The minimum atomic E-state index is 0.513. The van der Waals surface area contributed by atoms with Gasteiger partial charge in [0, 0.05) is 13.0 Å². The van der Waals surface area contributed by atoms with Crippen LogP contribution in [0.4, 0.5) is 6.01 Å². The second kappa shape index (κ2) is 5.32. The molecule has 1 saturated carbocycles. The lowest BCUT2D eigenvalue weighted by Crippen LogP contribution is -2.14. The van der Waals surface area contributed by atoms with Crippen LogP contribution in [0.5, 0.6) is 0 Å². The van der Waals surface area contributed by atoms with Crippen molar-refractivity contribution in [2.24, 2.45) is 5.92 Å². The van der Waals surface area contributed by atoms with Crippen LogP contribution in [0.1, 0.15) is 57.2 Å². The molecule has 0 amide bonds. The summed E-state index contributed by atoms with van der Waals surface area (Å²) in [4.78, 5) is 4.33. The zero-order valence-electron chi connectivity index (χ0n) is 10.2. The second-order valence-electron chi connectivity index (χ2n) is 4.71. The topological polar surface area (TPSA) is 51.0 Å². The molecule has 0 spiro atoms. The molecule has 4 heteroatoms. The first-order chi connectivity index (χ1) is 7.83. The number of anilines is 1. The summed E-state index contributed by atoms with van der Waals surface area (Å²) >= 11 is 0. The van der Waals surface area contributed by atoms with Crippen LogP contribution in [0.3, 0.4) is 0 Å². The molecule has 4 nitrogen and oxygen atoms in total. The second-order valence-corrected chi connectivity index (χ2v) is 4.71. The normalized spacial score (nSPS) is 25.6. The van der Waals surface area contributed by atoms with E-state index in [1.165, 1.54) is 38.5 Å². The first kappa shape index (κ1) is 11.4. The van der Waals surface area contributed by atoms with Crippen molar-refractivity contribution < 1.29 is 4.52 Å². The molecule has 1 N–H and O–H groups in total. The van der Waals surface area contributed by atoms with Gasteiger partial charge in [-0.1, -0.05) is 24.9 Å². The van der Waals surface area contributed by atoms with Crippen molar-refractivity contribution in [1.82, 2.24) is 10.1 Å². The smallest absolute Gasteiger partial charge is 0.321 e. The van der Waals surface area contributed by atoms with Gasteiger partial charge in [-0.15, -0.1) is 0 Å². The lowest BCUT2D eigenvalue weighted by molar-refractivity contribution is 0.296. The Bertz CT molecular complexity index is 316. The van der Waals surface area contributed by atoms with Gasteiger partial charge in [0.05, 0.1) is 0 Å². The molecule has 0 aliphatic heterocycles. The van der Waals surface area contributed by atoms with Gasteiger partial charge in [0.15, 0.2) is 5.82 Å². The molecule has 2 rings (SSSR count). The number of hydrogen-bond acceptors (Lipinski definition) is 4. The highest BCUT2D eigenvalue weighted by molar-refractivity contribution is 5.17. The lowest BCUT2D eigenvalue weighted by Gasteiger charge is -2.26. The van der Waals surface area contributed by atoms with Gasteiger partial charge in [-0.3, -0.25) is 0 Å². The van der Waals surface area contributed by atoms with Crippen LogP contribution in [-0.2, 0) is 0 Å². The van der Waals surface area contributed by atoms with E-state index in [1.807, 2.05) is 0 Å². The molecule has 1 aromatic heterocycles. The Morgan fingerprint density at radius 2 is 2.06 bits per heavy atom. The van der Waals surface area contributed by atoms with Gasteiger partial charge in [0.25, 0.3) is 0 Å². The minimum absolute atomic E-state index is 0.513. The molecule has 1 heterocycles. The molecular formula is C12H21N3O. The maximum atomic E-state index is 5.07. The van der Waals surface area contributed by atoms with Crippen LogP contribution in [0.15, 0.2) is 4.52 Å². The first-order valence-corrected chi connectivity index (χ1v) is 6.34. The molecule has 0 bridgehead atoms. The number of hydrogen-bond donors (Lipinski definition) is 1. The number of aromatic nitrogens is 2. The Kier molecular flexibility index (Phi) is 3.80. The van der Waals surface area contributed by atoms with Gasteiger partial charge in [0.2, 0.25) is 0 Å². The molecule has 1 aliphatic rings. The van der Waals surface area contributed by atoms with Crippen LogP contribution in [0.2, 0.25) is 0 Å². The fraction of sp³-hybridized carbons (Fsp3) is 0.833. The van der Waals surface area contributed by atoms with Gasteiger partial charge in [-0.05, 0) is 31.6 Å². The third kappa shape index (κ3) is 2.54. The largest absolute Gasteiger partial charge is 0.341 e. The summed E-state index contributed by atoms with van der Waals surface area (Å²) < 4.78 is 5.07. The van der Waals surface area contributed by atoms with E-state index in [2.05, 4.69) is 22.4 Å². The maximum absolute atomic E-state index is 5.07.